The van der Waals surface area contributed by atoms with Gasteiger partial charge in [0.1, 0.15) is 17.4 Å². The number of fused-ring (bicyclic) bond motifs is 1. The second kappa shape index (κ2) is 5.06. The third-order valence-corrected chi connectivity index (χ3v) is 3.62. The highest BCUT2D eigenvalue weighted by atomic mass is 16.5. The smallest absolute Gasteiger partial charge is 0.328 e. The summed E-state index contributed by atoms with van der Waals surface area (Å²) in [6.07, 6.45) is 0. The lowest BCUT2D eigenvalue weighted by atomic mass is 9.84. The number of H-pyrrole nitrogens is 2. The van der Waals surface area contributed by atoms with Gasteiger partial charge in [0.15, 0.2) is 0 Å². The Balaban J connectivity index is 2.36. The highest BCUT2D eigenvalue weighted by Gasteiger charge is 2.35. The number of rotatable bonds is 1. The summed E-state index contributed by atoms with van der Waals surface area (Å²) in [5, 5.41) is 19.6. The molecule has 0 spiro atoms. The van der Waals surface area contributed by atoms with Crippen molar-refractivity contribution in [3.05, 3.63) is 67.2 Å². The average molecular weight is 312 g/mol. The molecule has 2 heterocycles. The number of aromatic hydroxyl groups is 1. The van der Waals surface area contributed by atoms with Crippen molar-refractivity contribution >= 4 is 0 Å². The summed E-state index contributed by atoms with van der Waals surface area (Å²) in [5.41, 5.74) is 5.38. The van der Waals surface area contributed by atoms with Crippen molar-refractivity contribution in [1.82, 2.24) is 9.97 Å². The van der Waals surface area contributed by atoms with E-state index in [1.165, 1.54) is 6.07 Å². The molecule has 1 aromatic carbocycles. The van der Waals surface area contributed by atoms with Crippen molar-refractivity contribution in [2.24, 2.45) is 5.73 Å². The van der Waals surface area contributed by atoms with Crippen LogP contribution in [-0.2, 0) is 0 Å². The van der Waals surface area contributed by atoms with Gasteiger partial charge in [-0.2, -0.15) is 5.26 Å². The van der Waals surface area contributed by atoms with E-state index in [0.717, 1.165) is 5.56 Å². The van der Waals surface area contributed by atoms with Crippen LogP contribution < -0.4 is 21.7 Å². The topological polar surface area (TPSA) is 145 Å². The number of nitrogens with zero attached hydrogens (tertiary/aromatic N) is 1. The molecule has 0 amide bonds. The molecule has 8 nitrogen and oxygen atoms in total. The Bertz CT molecular complexity index is 994. The first kappa shape index (κ1) is 14.5. The fraction of sp³-hybridized carbons (Fsp3) is 0.133. The number of aromatic nitrogens is 2. The minimum atomic E-state index is -0.940. The largest absolute Gasteiger partial charge is 0.508 e. The predicted octanol–water partition coefficient (Wildman–Crippen LogP) is 0.295. The molecule has 0 saturated heterocycles. The SMILES string of the molecule is Cc1ccc(C2C(C#N)=C(N)Oc3[nH]c(=O)[nH]c(=O)c32)c(O)c1. The number of benzene rings is 1. The summed E-state index contributed by atoms with van der Waals surface area (Å²) in [4.78, 5) is 28.0. The van der Waals surface area contributed by atoms with E-state index in [0.29, 0.717) is 5.56 Å². The van der Waals surface area contributed by atoms with Gasteiger partial charge in [0.05, 0.1) is 11.5 Å². The van der Waals surface area contributed by atoms with Crippen molar-refractivity contribution in [2.45, 2.75) is 12.8 Å². The van der Waals surface area contributed by atoms with E-state index < -0.39 is 17.2 Å². The first-order valence-corrected chi connectivity index (χ1v) is 6.66. The number of phenols is 1. The Morgan fingerprint density at radius 1 is 1.35 bits per heavy atom. The lowest BCUT2D eigenvalue weighted by molar-refractivity contribution is 0.371. The first-order chi connectivity index (χ1) is 10.9. The van der Waals surface area contributed by atoms with Gasteiger partial charge in [-0.3, -0.25) is 14.8 Å². The minimum Gasteiger partial charge on any atom is -0.508 e. The van der Waals surface area contributed by atoms with E-state index in [-0.39, 0.29) is 28.6 Å². The monoisotopic (exact) mass is 312 g/mol. The van der Waals surface area contributed by atoms with Crippen LogP contribution in [0.2, 0.25) is 0 Å². The zero-order chi connectivity index (χ0) is 16.7. The predicted molar refractivity (Wildman–Crippen MR) is 79.8 cm³/mol. The molecule has 0 saturated carbocycles. The van der Waals surface area contributed by atoms with Gasteiger partial charge in [-0.15, -0.1) is 0 Å². The Hall–Kier alpha value is -3.47. The Morgan fingerprint density at radius 2 is 2.09 bits per heavy atom. The number of nitrogens with one attached hydrogen (secondary N) is 2. The fourth-order valence-electron chi connectivity index (χ4n) is 2.60. The Morgan fingerprint density at radius 3 is 2.74 bits per heavy atom. The number of hydrogen-bond donors (Lipinski definition) is 4. The van der Waals surface area contributed by atoms with E-state index >= 15 is 0 Å². The van der Waals surface area contributed by atoms with Crippen LogP contribution in [0.25, 0.3) is 0 Å². The van der Waals surface area contributed by atoms with Gasteiger partial charge >= 0.3 is 5.69 Å². The molecule has 2 aromatic rings. The van der Waals surface area contributed by atoms with Gasteiger partial charge in [-0.1, -0.05) is 12.1 Å². The van der Waals surface area contributed by atoms with E-state index in [1.807, 2.05) is 6.07 Å². The van der Waals surface area contributed by atoms with Gasteiger partial charge in [-0.25, -0.2) is 4.79 Å². The average Bonchev–Trinajstić information content (AvgIpc) is 2.45. The van der Waals surface area contributed by atoms with Crippen molar-refractivity contribution in [2.75, 3.05) is 0 Å². The number of phenolic OH excluding ortho intramolecular Hbond substituents is 1. The number of aryl methyl sites for hydroxylation is 1. The standard InChI is InChI=1S/C15H12N4O4/c1-6-2-3-7(9(20)4-6)10-8(5-16)12(17)23-14-11(10)13(21)18-15(22)19-14/h2-4,10,20H,17H2,1H3,(H2,18,19,21,22). The summed E-state index contributed by atoms with van der Waals surface area (Å²) in [6.45, 7) is 1.79. The van der Waals surface area contributed by atoms with Gasteiger partial charge in [-0.05, 0) is 18.6 Å². The lowest BCUT2D eigenvalue weighted by Crippen LogP contribution is -2.33. The third-order valence-electron chi connectivity index (χ3n) is 3.62. The molecule has 8 heteroatoms. The van der Waals surface area contributed by atoms with Crippen molar-refractivity contribution < 1.29 is 9.84 Å². The molecular formula is C15H12N4O4. The maximum Gasteiger partial charge on any atom is 0.328 e. The molecule has 1 aromatic heterocycles. The van der Waals surface area contributed by atoms with Gasteiger partial charge < -0.3 is 15.6 Å². The molecule has 1 aliphatic heterocycles. The molecule has 23 heavy (non-hydrogen) atoms. The van der Waals surface area contributed by atoms with Crippen LogP contribution in [0.1, 0.15) is 22.6 Å². The molecule has 0 bridgehead atoms. The van der Waals surface area contributed by atoms with Crippen LogP contribution in [0.5, 0.6) is 11.6 Å². The second-order valence-electron chi connectivity index (χ2n) is 5.14. The number of aromatic amines is 2. The summed E-state index contributed by atoms with van der Waals surface area (Å²) >= 11 is 0. The van der Waals surface area contributed by atoms with Crippen molar-refractivity contribution in [3.8, 4) is 17.7 Å². The molecule has 0 aliphatic carbocycles. The van der Waals surface area contributed by atoms with Crippen molar-refractivity contribution in [1.29, 1.82) is 5.26 Å². The molecular weight excluding hydrogens is 300 g/mol. The zero-order valence-electron chi connectivity index (χ0n) is 12.0. The lowest BCUT2D eigenvalue weighted by Gasteiger charge is -2.25. The first-order valence-electron chi connectivity index (χ1n) is 6.66. The zero-order valence-corrected chi connectivity index (χ0v) is 12.0. The normalized spacial score (nSPS) is 16.4. The summed E-state index contributed by atoms with van der Waals surface area (Å²) < 4.78 is 5.19. The maximum atomic E-state index is 12.2. The summed E-state index contributed by atoms with van der Waals surface area (Å²) in [6, 6.07) is 6.74. The van der Waals surface area contributed by atoms with Crippen molar-refractivity contribution in [3.63, 3.8) is 0 Å². The third kappa shape index (κ3) is 2.24. The molecule has 5 N–H and O–H groups in total. The number of nitrogens with two attached hydrogens (primary N) is 1. The maximum absolute atomic E-state index is 12.2. The summed E-state index contributed by atoms with van der Waals surface area (Å²) in [5.74, 6) is -1.40. The van der Waals surface area contributed by atoms with Gasteiger partial charge in [0.25, 0.3) is 5.56 Å². The summed E-state index contributed by atoms with van der Waals surface area (Å²) in [7, 11) is 0. The molecule has 3 rings (SSSR count). The van der Waals surface area contributed by atoms with Gasteiger partial charge in [0, 0.05) is 5.56 Å². The fourth-order valence-corrected chi connectivity index (χ4v) is 2.60. The van der Waals surface area contributed by atoms with Crippen LogP contribution in [0, 0.1) is 18.3 Å². The van der Waals surface area contributed by atoms with E-state index in [4.69, 9.17) is 10.5 Å². The molecule has 0 fully saturated rings. The van der Waals surface area contributed by atoms with Crippen LogP contribution in [0.15, 0.2) is 39.2 Å². The highest BCUT2D eigenvalue weighted by molar-refractivity contribution is 5.56. The molecule has 1 unspecified atom stereocenters. The Kier molecular flexibility index (Phi) is 3.19. The minimum absolute atomic E-state index is 0.00880. The van der Waals surface area contributed by atoms with Crippen LogP contribution in [-0.4, -0.2) is 15.1 Å². The van der Waals surface area contributed by atoms with Crippen LogP contribution in [0.3, 0.4) is 0 Å². The number of ether oxygens (including phenoxy) is 1. The molecule has 0 radical (unpaired) electrons. The Labute approximate surface area is 129 Å². The highest BCUT2D eigenvalue weighted by Crippen LogP contribution is 2.41. The van der Waals surface area contributed by atoms with Crippen LogP contribution in [0.4, 0.5) is 0 Å². The number of hydrogen-bond acceptors (Lipinski definition) is 6. The van der Waals surface area contributed by atoms with Crippen LogP contribution >= 0.6 is 0 Å². The number of allylic oxidation sites excluding steroid dienone is 1. The van der Waals surface area contributed by atoms with E-state index in [9.17, 15) is 20.0 Å². The molecule has 1 atom stereocenters. The number of nitriles is 1. The van der Waals surface area contributed by atoms with E-state index in [2.05, 4.69) is 9.97 Å². The quantitative estimate of drug-likeness (QED) is 0.595. The second-order valence-corrected chi connectivity index (χ2v) is 5.14. The molecule has 1 aliphatic rings. The molecule has 116 valence electrons. The van der Waals surface area contributed by atoms with Gasteiger partial charge in [0.2, 0.25) is 11.8 Å². The van der Waals surface area contributed by atoms with E-state index in [1.54, 1.807) is 19.1 Å².